The first-order valence-corrected chi connectivity index (χ1v) is 4.15. The molecule has 0 N–H and O–H groups in total. The lowest BCUT2D eigenvalue weighted by Crippen LogP contribution is -2.38. The van der Waals surface area contributed by atoms with Crippen LogP contribution in [0.25, 0.3) is 0 Å². The van der Waals surface area contributed by atoms with Crippen molar-refractivity contribution in [2.45, 2.75) is 30.9 Å². The van der Waals surface area contributed by atoms with E-state index in [0.29, 0.717) is 0 Å². The molecule has 10 heavy (non-hydrogen) atoms. The predicted molar refractivity (Wildman–Crippen MR) is 43.3 cm³/mol. The van der Waals surface area contributed by atoms with E-state index in [-0.39, 0.29) is 0 Å². The lowest BCUT2D eigenvalue weighted by atomic mass is 9.90. The summed E-state index contributed by atoms with van der Waals surface area (Å²) in [5.74, 6) is 0. The number of hydrogen-bond acceptors (Lipinski definition) is 0. The van der Waals surface area contributed by atoms with Gasteiger partial charge in [-0.2, -0.15) is 13.2 Å². The van der Waals surface area contributed by atoms with E-state index in [1.165, 1.54) is 13.8 Å². The normalized spacial score (nSPS) is 17.1. The van der Waals surface area contributed by atoms with E-state index >= 15 is 0 Å². The SMILES string of the molecule is C[C@H](I)C(C)(C)C(F)(F)F. The molecular weight excluding hydrogens is 256 g/mol. The van der Waals surface area contributed by atoms with Gasteiger partial charge in [0.2, 0.25) is 0 Å². The Kier molecular flexibility index (Phi) is 3.02. The van der Waals surface area contributed by atoms with Gasteiger partial charge in [0.25, 0.3) is 0 Å². The van der Waals surface area contributed by atoms with Gasteiger partial charge in [0.1, 0.15) is 0 Å². The molecule has 1 atom stereocenters. The van der Waals surface area contributed by atoms with Crippen molar-refractivity contribution in [3.63, 3.8) is 0 Å². The van der Waals surface area contributed by atoms with Crippen molar-refractivity contribution < 1.29 is 13.2 Å². The average Bonchev–Trinajstić information content (AvgIpc) is 1.62. The molecule has 62 valence electrons. The molecule has 0 unspecified atom stereocenters. The van der Waals surface area contributed by atoms with Gasteiger partial charge in [0.15, 0.2) is 0 Å². The number of hydrogen-bond donors (Lipinski definition) is 0. The second-order valence-corrected chi connectivity index (χ2v) is 4.70. The van der Waals surface area contributed by atoms with Crippen LogP contribution in [0.4, 0.5) is 13.2 Å². The Morgan fingerprint density at radius 1 is 1.20 bits per heavy atom. The zero-order valence-electron chi connectivity index (χ0n) is 6.09. The summed E-state index contributed by atoms with van der Waals surface area (Å²) < 4.78 is 35.8. The highest BCUT2D eigenvalue weighted by Crippen LogP contribution is 2.43. The van der Waals surface area contributed by atoms with E-state index in [1.54, 1.807) is 29.5 Å². The quantitative estimate of drug-likeness (QED) is 0.504. The highest BCUT2D eigenvalue weighted by Gasteiger charge is 2.49. The summed E-state index contributed by atoms with van der Waals surface area (Å²) in [4.78, 5) is 0. The van der Waals surface area contributed by atoms with Gasteiger partial charge in [-0.1, -0.05) is 43.4 Å². The third-order valence-corrected chi connectivity index (χ3v) is 3.28. The van der Waals surface area contributed by atoms with Crippen LogP contribution >= 0.6 is 22.6 Å². The summed E-state index contributed by atoms with van der Waals surface area (Å²) in [6.45, 7) is 3.99. The van der Waals surface area contributed by atoms with E-state index in [0.717, 1.165) is 0 Å². The zero-order valence-corrected chi connectivity index (χ0v) is 8.25. The van der Waals surface area contributed by atoms with E-state index < -0.39 is 15.5 Å². The zero-order chi connectivity index (χ0) is 8.58. The van der Waals surface area contributed by atoms with Gasteiger partial charge < -0.3 is 0 Å². The van der Waals surface area contributed by atoms with Gasteiger partial charge in [0, 0.05) is 3.92 Å². The van der Waals surface area contributed by atoms with Gasteiger partial charge in [-0.05, 0) is 0 Å². The molecule has 0 aromatic rings. The summed E-state index contributed by atoms with van der Waals surface area (Å²) in [5, 5.41) is 0. The lowest BCUT2D eigenvalue weighted by molar-refractivity contribution is -0.208. The predicted octanol–water partition coefficient (Wildman–Crippen LogP) is 3.40. The molecule has 0 nitrogen and oxygen atoms in total. The highest BCUT2D eigenvalue weighted by molar-refractivity contribution is 14.1. The summed E-state index contributed by atoms with van der Waals surface area (Å²) in [6, 6.07) is 0. The fraction of sp³-hybridized carbons (Fsp3) is 1.00. The van der Waals surface area contributed by atoms with Crippen molar-refractivity contribution in [3.8, 4) is 0 Å². The number of rotatable bonds is 1. The monoisotopic (exact) mass is 266 g/mol. The minimum atomic E-state index is -4.09. The standard InChI is InChI=1S/C6H10F3I/c1-4(10)5(2,3)6(7,8)9/h4H,1-3H3/t4-/m0/s1. The van der Waals surface area contributed by atoms with E-state index in [9.17, 15) is 13.2 Å². The molecule has 0 bridgehead atoms. The van der Waals surface area contributed by atoms with Crippen molar-refractivity contribution in [2.75, 3.05) is 0 Å². The summed E-state index contributed by atoms with van der Waals surface area (Å²) in [7, 11) is 0. The van der Waals surface area contributed by atoms with Gasteiger partial charge in [0.05, 0.1) is 5.41 Å². The average molecular weight is 266 g/mol. The molecule has 0 aliphatic heterocycles. The molecule has 0 rings (SSSR count). The summed E-state index contributed by atoms with van der Waals surface area (Å²) in [6.07, 6.45) is -4.09. The molecule has 0 heterocycles. The summed E-state index contributed by atoms with van der Waals surface area (Å²) in [5.41, 5.74) is -1.58. The second kappa shape index (κ2) is 2.87. The van der Waals surface area contributed by atoms with Crippen molar-refractivity contribution in [2.24, 2.45) is 5.41 Å². The van der Waals surface area contributed by atoms with Crippen LogP contribution in [-0.4, -0.2) is 10.1 Å². The third-order valence-electron chi connectivity index (χ3n) is 1.73. The van der Waals surface area contributed by atoms with Gasteiger partial charge >= 0.3 is 6.18 Å². The van der Waals surface area contributed by atoms with E-state index in [4.69, 9.17) is 0 Å². The van der Waals surface area contributed by atoms with Crippen molar-refractivity contribution in [3.05, 3.63) is 0 Å². The van der Waals surface area contributed by atoms with Crippen LogP contribution in [0.2, 0.25) is 0 Å². The smallest absolute Gasteiger partial charge is 0.170 e. The first-order valence-electron chi connectivity index (χ1n) is 2.90. The van der Waals surface area contributed by atoms with E-state index in [1.807, 2.05) is 0 Å². The van der Waals surface area contributed by atoms with Crippen LogP contribution in [0, 0.1) is 5.41 Å². The maximum Gasteiger partial charge on any atom is 0.394 e. The molecule has 0 saturated carbocycles. The van der Waals surface area contributed by atoms with Crippen LogP contribution < -0.4 is 0 Å². The van der Waals surface area contributed by atoms with Crippen LogP contribution in [-0.2, 0) is 0 Å². The maximum absolute atomic E-state index is 12.1. The Hall–Kier alpha value is 0.520. The molecule has 0 aromatic carbocycles. The third kappa shape index (κ3) is 2.00. The maximum atomic E-state index is 12.1. The van der Waals surface area contributed by atoms with Crippen LogP contribution in [0.15, 0.2) is 0 Å². The van der Waals surface area contributed by atoms with Crippen LogP contribution in [0.1, 0.15) is 20.8 Å². The second-order valence-electron chi connectivity index (χ2n) is 2.84. The first-order chi connectivity index (χ1) is 4.19. The van der Waals surface area contributed by atoms with Crippen molar-refractivity contribution in [1.82, 2.24) is 0 Å². The van der Waals surface area contributed by atoms with Crippen LogP contribution in [0.3, 0.4) is 0 Å². The minimum absolute atomic E-state index is 0.398. The first kappa shape index (κ1) is 10.5. The molecule has 0 saturated heterocycles. The molecule has 0 amide bonds. The Bertz CT molecular complexity index is 115. The number of alkyl halides is 4. The van der Waals surface area contributed by atoms with Crippen LogP contribution in [0.5, 0.6) is 0 Å². The molecule has 4 heteroatoms. The molecule has 0 spiro atoms. The largest absolute Gasteiger partial charge is 0.394 e. The van der Waals surface area contributed by atoms with E-state index in [2.05, 4.69) is 0 Å². The Morgan fingerprint density at radius 2 is 1.50 bits per heavy atom. The highest BCUT2D eigenvalue weighted by atomic mass is 127. The Labute approximate surface area is 72.3 Å². The molecule has 0 fully saturated rings. The topological polar surface area (TPSA) is 0 Å². The fourth-order valence-electron chi connectivity index (χ4n) is 0.226. The van der Waals surface area contributed by atoms with Crippen molar-refractivity contribution >= 4 is 22.6 Å². The Morgan fingerprint density at radius 3 is 1.50 bits per heavy atom. The van der Waals surface area contributed by atoms with Gasteiger partial charge in [-0.25, -0.2) is 0 Å². The molecule has 0 aromatic heterocycles. The van der Waals surface area contributed by atoms with Gasteiger partial charge in [-0.3, -0.25) is 0 Å². The fourth-order valence-corrected chi connectivity index (χ4v) is 0.579. The molecule has 0 aliphatic rings. The van der Waals surface area contributed by atoms with Crippen molar-refractivity contribution in [1.29, 1.82) is 0 Å². The molecule has 0 radical (unpaired) electrons. The molecular formula is C6H10F3I. The lowest BCUT2D eigenvalue weighted by Gasteiger charge is -2.30. The minimum Gasteiger partial charge on any atom is -0.170 e. The Balaban J connectivity index is 4.40. The molecule has 0 aliphatic carbocycles. The number of halogens is 4. The summed E-state index contributed by atoms with van der Waals surface area (Å²) >= 11 is 1.79. The van der Waals surface area contributed by atoms with Gasteiger partial charge in [-0.15, -0.1) is 0 Å².